The van der Waals surface area contributed by atoms with E-state index in [1.807, 2.05) is 19.1 Å². The van der Waals surface area contributed by atoms with Crippen molar-refractivity contribution in [3.05, 3.63) is 29.8 Å². The van der Waals surface area contributed by atoms with Crippen LogP contribution in [0.15, 0.2) is 24.3 Å². The molecule has 1 rings (SSSR count). The van der Waals surface area contributed by atoms with Gasteiger partial charge in [0.25, 0.3) is 5.91 Å². The number of benzene rings is 1. The van der Waals surface area contributed by atoms with Gasteiger partial charge in [0.1, 0.15) is 5.75 Å². The van der Waals surface area contributed by atoms with E-state index < -0.39 is 0 Å². The Kier molecular flexibility index (Phi) is 3.31. The Morgan fingerprint density at radius 3 is 2.77 bits per heavy atom. The lowest BCUT2D eigenvalue weighted by Crippen LogP contribution is -2.23. The lowest BCUT2D eigenvalue weighted by molar-refractivity contribution is 0.0953. The van der Waals surface area contributed by atoms with E-state index in [2.05, 4.69) is 5.32 Å². The van der Waals surface area contributed by atoms with Crippen LogP contribution in [0.4, 0.5) is 0 Å². The Morgan fingerprint density at radius 2 is 2.15 bits per heavy atom. The molecule has 1 aromatic rings. The summed E-state index contributed by atoms with van der Waals surface area (Å²) in [4.78, 5) is 11.4. The zero-order chi connectivity index (χ0) is 9.68. The molecule has 0 aliphatic carbocycles. The van der Waals surface area contributed by atoms with E-state index in [9.17, 15) is 4.79 Å². The maximum absolute atomic E-state index is 11.4. The fourth-order valence-electron chi connectivity index (χ4n) is 1.09. The Bertz CT molecular complexity index is 297. The van der Waals surface area contributed by atoms with E-state index in [1.54, 1.807) is 19.2 Å². The highest BCUT2D eigenvalue weighted by atomic mass is 16.5. The molecular weight excluding hydrogens is 166 g/mol. The maximum Gasteiger partial charge on any atom is 0.255 e. The molecule has 0 aromatic heterocycles. The molecule has 0 saturated heterocycles. The third-order valence-electron chi connectivity index (χ3n) is 1.69. The third kappa shape index (κ3) is 2.21. The first-order valence-electron chi connectivity index (χ1n) is 4.20. The summed E-state index contributed by atoms with van der Waals surface area (Å²) in [6, 6.07) is 7.16. The number of nitrogens with one attached hydrogen (secondary N) is 1. The second kappa shape index (κ2) is 4.50. The summed E-state index contributed by atoms with van der Waals surface area (Å²) >= 11 is 0. The summed E-state index contributed by atoms with van der Waals surface area (Å²) in [6.07, 6.45) is 0. The highest BCUT2D eigenvalue weighted by molar-refractivity contribution is 5.96. The highest BCUT2D eigenvalue weighted by Crippen LogP contribution is 2.16. The molecule has 1 amide bonds. The van der Waals surface area contributed by atoms with E-state index in [0.717, 1.165) is 0 Å². The van der Waals surface area contributed by atoms with Gasteiger partial charge < -0.3 is 10.1 Å². The molecule has 0 saturated carbocycles. The Balaban J connectivity index is 2.92. The molecule has 0 radical (unpaired) electrons. The average molecular weight is 179 g/mol. The molecule has 0 atom stereocenters. The summed E-state index contributed by atoms with van der Waals surface area (Å²) in [5, 5.41) is 2.72. The summed E-state index contributed by atoms with van der Waals surface area (Å²) in [5.74, 6) is 0.508. The van der Waals surface area contributed by atoms with Crippen LogP contribution in [-0.2, 0) is 0 Å². The SMILES string of the molecule is CCNC(=O)c1ccccc1OC. The van der Waals surface area contributed by atoms with Gasteiger partial charge >= 0.3 is 0 Å². The topological polar surface area (TPSA) is 38.3 Å². The number of carbonyl (C=O) groups excluding carboxylic acids is 1. The minimum atomic E-state index is -0.0973. The molecule has 3 heteroatoms. The van der Waals surface area contributed by atoms with Crippen LogP contribution in [0.3, 0.4) is 0 Å². The summed E-state index contributed by atoms with van der Waals surface area (Å²) in [5.41, 5.74) is 0.576. The zero-order valence-electron chi connectivity index (χ0n) is 7.83. The van der Waals surface area contributed by atoms with Gasteiger partial charge in [-0.1, -0.05) is 12.1 Å². The first kappa shape index (κ1) is 9.58. The predicted molar refractivity (Wildman–Crippen MR) is 51.0 cm³/mol. The van der Waals surface area contributed by atoms with Gasteiger partial charge in [-0.05, 0) is 19.1 Å². The lowest BCUT2D eigenvalue weighted by atomic mass is 10.2. The summed E-state index contributed by atoms with van der Waals surface area (Å²) < 4.78 is 5.05. The Hall–Kier alpha value is -1.51. The molecule has 0 spiro atoms. The van der Waals surface area contributed by atoms with Crippen LogP contribution >= 0.6 is 0 Å². The van der Waals surface area contributed by atoms with E-state index in [4.69, 9.17) is 4.74 Å². The molecule has 0 heterocycles. The first-order valence-corrected chi connectivity index (χ1v) is 4.20. The van der Waals surface area contributed by atoms with Crippen LogP contribution in [0, 0.1) is 0 Å². The van der Waals surface area contributed by atoms with Crippen molar-refractivity contribution in [1.82, 2.24) is 5.32 Å². The standard InChI is InChI=1S/C10H13NO2/c1-3-11-10(12)8-6-4-5-7-9(8)13-2/h4-7H,3H2,1-2H3,(H,11,12). The van der Waals surface area contributed by atoms with E-state index >= 15 is 0 Å². The van der Waals surface area contributed by atoms with E-state index in [-0.39, 0.29) is 5.91 Å². The molecule has 70 valence electrons. The molecule has 0 aliphatic rings. The summed E-state index contributed by atoms with van der Waals surface area (Å²) in [6.45, 7) is 2.50. The largest absolute Gasteiger partial charge is 0.496 e. The van der Waals surface area contributed by atoms with Crippen LogP contribution in [0.5, 0.6) is 5.75 Å². The lowest BCUT2D eigenvalue weighted by Gasteiger charge is -2.06. The fourth-order valence-corrected chi connectivity index (χ4v) is 1.09. The molecule has 13 heavy (non-hydrogen) atoms. The molecule has 0 unspecified atom stereocenters. The molecule has 1 aromatic carbocycles. The number of carbonyl (C=O) groups is 1. The van der Waals surface area contributed by atoms with Crippen molar-refractivity contribution in [1.29, 1.82) is 0 Å². The van der Waals surface area contributed by atoms with Crippen LogP contribution in [0.1, 0.15) is 17.3 Å². The third-order valence-corrected chi connectivity index (χ3v) is 1.69. The number of rotatable bonds is 3. The van der Waals surface area contributed by atoms with E-state index in [0.29, 0.717) is 17.9 Å². The number of ether oxygens (including phenoxy) is 1. The Labute approximate surface area is 77.7 Å². The van der Waals surface area contributed by atoms with Gasteiger partial charge in [0.15, 0.2) is 0 Å². The van der Waals surface area contributed by atoms with Crippen molar-refractivity contribution in [2.24, 2.45) is 0 Å². The van der Waals surface area contributed by atoms with Gasteiger partial charge in [-0.2, -0.15) is 0 Å². The predicted octanol–water partition coefficient (Wildman–Crippen LogP) is 1.44. The van der Waals surface area contributed by atoms with Gasteiger partial charge in [-0.3, -0.25) is 4.79 Å². The van der Waals surface area contributed by atoms with Crippen molar-refractivity contribution in [3.63, 3.8) is 0 Å². The van der Waals surface area contributed by atoms with Crippen LogP contribution in [-0.4, -0.2) is 19.6 Å². The molecule has 0 aliphatic heterocycles. The van der Waals surface area contributed by atoms with Gasteiger partial charge in [0.05, 0.1) is 12.7 Å². The number of hydrogen-bond donors (Lipinski definition) is 1. The number of para-hydroxylation sites is 1. The minimum Gasteiger partial charge on any atom is -0.496 e. The van der Waals surface area contributed by atoms with Crippen molar-refractivity contribution >= 4 is 5.91 Å². The maximum atomic E-state index is 11.4. The van der Waals surface area contributed by atoms with Crippen molar-refractivity contribution in [2.75, 3.05) is 13.7 Å². The van der Waals surface area contributed by atoms with Gasteiger partial charge in [-0.25, -0.2) is 0 Å². The van der Waals surface area contributed by atoms with E-state index in [1.165, 1.54) is 0 Å². The second-order valence-corrected chi connectivity index (χ2v) is 2.56. The fraction of sp³-hybridized carbons (Fsp3) is 0.300. The second-order valence-electron chi connectivity index (χ2n) is 2.56. The monoisotopic (exact) mass is 179 g/mol. The van der Waals surface area contributed by atoms with Gasteiger partial charge in [-0.15, -0.1) is 0 Å². The molecular formula is C10H13NO2. The average Bonchev–Trinajstić information content (AvgIpc) is 2.18. The van der Waals surface area contributed by atoms with Crippen LogP contribution < -0.4 is 10.1 Å². The minimum absolute atomic E-state index is 0.0973. The summed E-state index contributed by atoms with van der Waals surface area (Å²) in [7, 11) is 1.55. The van der Waals surface area contributed by atoms with Gasteiger partial charge in [0.2, 0.25) is 0 Å². The molecule has 1 N–H and O–H groups in total. The number of amides is 1. The van der Waals surface area contributed by atoms with Crippen LogP contribution in [0.2, 0.25) is 0 Å². The zero-order valence-corrected chi connectivity index (χ0v) is 7.83. The first-order chi connectivity index (χ1) is 6.29. The quantitative estimate of drug-likeness (QED) is 0.762. The van der Waals surface area contributed by atoms with Crippen molar-refractivity contribution in [2.45, 2.75) is 6.92 Å². The highest BCUT2D eigenvalue weighted by Gasteiger charge is 2.08. The normalized spacial score (nSPS) is 9.38. The molecule has 0 bridgehead atoms. The Morgan fingerprint density at radius 1 is 1.46 bits per heavy atom. The smallest absolute Gasteiger partial charge is 0.255 e. The van der Waals surface area contributed by atoms with Crippen molar-refractivity contribution in [3.8, 4) is 5.75 Å². The number of methoxy groups -OCH3 is 1. The molecule has 0 fully saturated rings. The van der Waals surface area contributed by atoms with Crippen molar-refractivity contribution < 1.29 is 9.53 Å². The number of hydrogen-bond acceptors (Lipinski definition) is 2. The van der Waals surface area contributed by atoms with Gasteiger partial charge in [0, 0.05) is 6.54 Å². The molecule has 3 nitrogen and oxygen atoms in total. The van der Waals surface area contributed by atoms with Crippen LogP contribution in [0.25, 0.3) is 0 Å².